The number of ether oxygens (including phenoxy) is 15. The minimum atomic E-state index is -1.44. The Morgan fingerprint density at radius 1 is 0.356 bits per heavy atom. The first kappa shape index (κ1) is 90.5. The molecule has 0 spiro atoms. The maximum absolute atomic E-state index is 13.4. The highest BCUT2D eigenvalue weighted by Crippen LogP contribution is 2.28. The predicted molar refractivity (Wildman–Crippen MR) is 347 cm³/mol. The van der Waals surface area contributed by atoms with Gasteiger partial charge in [0.15, 0.2) is 18.9 Å². The molecule has 0 radical (unpaired) electrons. The van der Waals surface area contributed by atoms with E-state index in [1.165, 1.54) is 20.8 Å². The minimum absolute atomic E-state index is 0.00246. The summed E-state index contributed by atoms with van der Waals surface area (Å²) in [5, 5.41) is 112. The molecule has 3 saturated heterocycles. The molecule has 3 aliphatic heterocycles. The molecule has 15 unspecified atom stereocenters. The van der Waals surface area contributed by atoms with Crippen LogP contribution in [-0.4, -0.2) is 376 Å². The second-order valence-corrected chi connectivity index (χ2v) is 23.6. The van der Waals surface area contributed by atoms with Gasteiger partial charge in [0.1, 0.15) is 73.1 Å². The second-order valence-electron chi connectivity index (χ2n) is 23.6. The van der Waals surface area contributed by atoms with Gasteiger partial charge >= 0.3 is 0 Å². The van der Waals surface area contributed by atoms with Gasteiger partial charge in [-0.05, 0) is 25.8 Å². The fourth-order valence-corrected chi connectivity index (χ4v) is 10.4. The number of amides is 7. The summed E-state index contributed by atoms with van der Waals surface area (Å²) < 4.78 is 83.5. The van der Waals surface area contributed by atoms with Gasteiger partial charge in [-0.15, -0.1) is 0 Å². The summed E-state index contributed by atoms with van der Waals surface area (Å²) in [7, 11) is 0. The summed E-state index contributed by atoms with van der Waals surface area (Å²) in [6.07, 6.45) is -15.5. The number of rotatable bonds is 58. The van der Waals surface area contributed by atoms with Crippen LogP contribution in [0.25, 0.3) is 0 Å². The Bertz CT molecular complexity index is 2060. The van der Waals surface area contributed by atoms with Crippen LogP contribution in [0.3, 0.4) is 0 Å². The molecule has 3 aliphatic rings. The van der Waals surface area contributed by atoms with Gasteiger partial charge in [0.2, 0.25) is 41.4 Å². The number of nitrogens with one attached hydrogen (secondary N) is 8. The highest BCUT2D eigenvalue weighted by atomic mass is 16.7. The smallest absolute Gasteiger partial charge is 0.234 e. The zero-order valence-corrected chi connectivity index (χ0v) is 58.4. The van der Waals surface area contributed by atoms with E-state index in [2.05, 4.69) is 42.5 Å². The Hall–Kier alpha value is -4.71. The third-order valence-electron chi connectivity index (χ3n) is 15.7. The molecule has 101 heavy (non-hydrogen) atoms. The van der Waals surface area contributed by atoms with Crippen LogP contribution in [0.5, 0.6) is 0 Å². The summed E-state index contributed by atoms with van der Waals surface area (Å²) in [4.78, 5) is 88.4. The van der Waals surface area contributed by atoms with Gasteiger partial charge < -0.3 is 160 Å². The van der Waals surface area contributed by atoms with E-state index in [1.54, 1.807) is 0 Å². The molecule has 15 atom stereocenters. The first-order chi connectivity index (χ1) is 48.6. The molecule has 39 heteroatoms. The first-order valence-electron chi connectivity index (χ1n) is 34.2. The van der Waals surface area contributed by atoms with Gasteiger partial charge in [-0.25, -0.2) is 0 Å². The van der Waals surface area contributed by atoms with E-state index in [1.807, 2.05) is 6.92 Å². The van der Waals surface area contributed by atoms with Gasteiger partial charge in [-0.2, -0.15) is 0 Å². The molecule has 3 rings (SSSR count). The Morgan fingerprint density at radius 2 is 0.604 bits per heavy atom. The van der Waals surface area contributed by atoms with Crippen molar-refractivity contribution >= 4 is 41.4 Å². The fraction of sp³-hybridized carbons (Fsp3) is 0.887. The van der Waals surface area contributed by atoms with E-state index in [-0.39, 0.29) is 221 Å². The maximum atomic E-state index is 13.4. The Morgan fingerprint density at radius 3 is 0.842 bits per heavy atom. The lowest BCUT2D eigenvalue weighted by Gasteiger charge is -2.42. The molecule has 0 saturated carbocycles. The van der Waals surface area contributed by atoms with E-state index < -0.39 is 141 Å². The van der Waals surface area contributed by atoms with Gasteiger partial charge in [-0.3, -0.25) is 33.6 Å². The highest BCUT2D eigenvalue weighted by molar-refractivity contribution is 5.81. The molecule has 39 nitrogen and oxygen atoms in total. The van der Waals surface area contributed by atoms with Crippen LogP contribution in [-0.2, 0) is 105 Å². The van der Waals surface area contributed by atoms with Crippen LogP contribution in [0.4, 0.5) is 0 Å². The Balaban J connectivity index is 1.42. The lowest BCUT2D eigenvalue weighted by Crippen LogP contribution is -2.64. The number of hydrogen-bond donors (Lipinski definition) is 17. The van der Waals surface area contributed by atoms with Crippen LogP contribution in [0.15, 0.2) is 0 Å². The van der Waals surface area contributed by atoms with Crippen molar-refractivity contribution in [3.8, 4) is 0 Å². The monoisotopic (exact) mass is 1470 g/mol. The van der Waals surface area contributed by atoms with Crippen molar-refractivity contribution in [3.05, 3.63) is 0 Å². The van der Waals surface area contributed by atoms with Gasteiger partial charge in [0.05, 0.1) is 165 Å². The molecule has 7 amide bonds. The normalized spacial score (nSPS) is 25.7. The molecule has 0 aromatic heterocycles. The van der Waals surface area contributed by atoms with Crippen molar-refractivity contribution in [1.29, 1.82) is 0 Å². The summed E-state index contributed by atoms with van der Waals surface area (Å²) in [6, 6.07) is -3.23. The molecule has 17 N–H and O–H groups in total. The Kier molecular flexibility index (Phi) is 48.4. The van der Waals surface area contributed by atoms with Gasteiger partial charge in [-0.1, -0.05) is 6.92 Å². The van der Waals surface area contributed by atoms with E-state index in [0.717, 1.165) is 0 Å². The number of carbonyl (C=O) groups excluding carboxylic acids is 7. The summed E-state index contributed by atoms with van der Waals surface area (Å²) in [5.41, 5.74) is -1.20. The van der Waals surface area contributed by atoms with Gasteiger partial charge in [0.25, 0.3) is 0 Å². The average molecular weight is 1470 g/mol. The number of carbonyl (C=O) groups is 7. The van der Waals surface area contributed by atoms with Crippen LogP contribution in [0.2, 0.25) is 0 Å². The van der Waals surface area contributed by atoms with Crippen molar-refractivity contribution in [1.82, 2.24) is 42.5 Å². The summed E-state index contributed by atoms with van der Waals surface area (Å²) in [5.74, 6) is -2.96. The molecule has 0 bridgehead atoms. The minimum Gasteiger partial charge on any atom is -0.394 e. The summed E-state index contributed by atoms with van der Waals surface area (Å²) in [6.45, 7) is 7.72. The topological polar surface area (TPSA) is 536 Å². The number of aliphatic hydroxyl groups excluding tert-OH is 9. The standard InChI is InChI=1S/C62H114N8O31/c1-5-63-36-49(80)70-62(9-6-46(77)64-12-15-87-18-21-90-24-27-93-30-33-96-59-50(67-40(2)74)56(84)53(81)43(37-71)99-59,10-7-47(78)65-13-16-88-19-22-91-25-28-94-31-34-97-60-51(68-41(3)75)57(85)54(82)44(38-72)100-60)11-8-48(79)66-14-17-89-20-23-92-26-29-95-32-35-98-61-52(69-42(4)76)58(86)55(83)45(39-73)101-61/h43-45,50-61,63,71-73,81-86H,5-39H2,1-4H3,(H,64,77)(H,65,78)(H,66,79)(H,67,74)(H,68,75)(H,69,76)(H,70,80). The van der Waals surface area contributed by atoms with Crippen LogP contribution >= 0.6 is 0 Å². The molecule has 588 valence electrons. The van der Waals surface area contributed by atoms with Crippen molar-refractivity contribution < 1.29 is 151 Å². The predicted octanol–water partition coefficient (Wildman–Crippen LogP) is -8.83. The molecular weight excluding hydrogens is 1350 g/mol. The van der Waals surface area contributed by atoms with E-state index >= 15 is 0 Å². The molecule has 0 aliphatic carbocycles. The number of aliphatic hydroxyl groups is 9. The fourth-order valence-electron chi connectivity index (χ4n) is 10.4. The number of hydrogen-bond acceptors (Lipinski definition) is 32. The second kappa shape index (κ2) is 54.0. The van der Waals surface area contributed by atoms with Gasteiger partial charge in [0, 0.05) is 65.2 Å². The SMILES string of the molecule is CCNCC(=O)NC(CCC(=O)NCCOCCOCCOCCOC1OC(CO)C(O)C(O)C1NC(C)=O)(CCC(=O)NCCOCCOCCOCCOC1OC(CO)C(O)C(O)C1NC(C)=O)CCC(=O)NCCOCCOCCOCCOC1OC(CO)C(O)C(O)C1NC(C)=O. The van der Waals surface area contributed by atoms with Crippen LogP contribution in [0.1, 0.15) is 66.2 Å². The van der Waals surface area contributed by atoms with Crippen molar-refractivity contribution in [2.45, 2.75) is 164 Å². The molecular formula is C62H114N8O31. The average Bonchev–Trinajstić information content (AvgIpc) is 0.828. The third-order valence-corrected chi connectivity index (χ3v) is 15.7. The zero-order valence-electron chi connectivity index (χ0n) is 58.4. The Labute approximate surface area is 587 Å². The molecule has 0 aromatic rings. The highest BCUT2D eigenvalue weighted by Gasteiger charge is 2.48. The largest absolute Gasteiger partial charge is 0.394 e. The van der Waals surface area contributed by atoms with Crippen molar-refractivity contribution in [2.24, 2.45) is 0 Å². The lowest BCUT2D eigenvalue weighted by molar-refractivity contribution is -0.272. The van der Waals surface area contributed by atoms with Crippen molar-refractivity contribution in [3.63, 3.8) is 0 Å². The van der Waals surface area contributed by atoms with E-state index in [9.17, 15) is 79.5 Å². The lowest BCUT2D eigenvalue weighted by atomic mass is 9.83. The molecule has 3 fully saturated rings. The molecule has 3 heterocycles. The first-order valence-corrected chi connectivity index (χ1v) is 34.2. The van der Waals surface area contributed by atoms with Crippen LogP contribution in [0, 0.1) is 0 Å². The van der Waals surface area contributed by atoms with E-state index in [4.69, 9.17) is 71.1 Å². The zero-order chi connectivity index (χ0) is 74.2. The summed E-state index contributed by atoms with van der Waals surface area (Å²) >= 11 is 0. The molecule has 0 aromatic carbocycles. The van der Waals surface area contributed by atoms with Crippen molar-refractivity contribution in [2.75, 3.05) is 191 Å². The third kappa shape index (κ3) is 37.7. The quantitative estimate of drug-likeness (QED) is 0.0252. The maximum Gasteiger partial charge on any atom is 0.234 e. The number of likely N-dealkylation sites (N-methyl/N-ethyl adjacent to an activating group) is 1. The van der Waals surface area contributed by atoms with E-state index in [0.29, 0.717) is 6.54 Å². The van der Waals surface area contributed by atoms with Crippen LogP contribution < -0.4 is 42.5 Å².